The lowest BCUT2D eigenvalue weighted by Crippen LogP contribution is -2.07. The van der Waals surface area contributed by atoms with Crippen LogP contribution in [0.1, 0.15) is 31.1 Å². The Labute approximate surface area is 85.8 Å². The Morgan fingerprint density at radius 2 is 2.07 bits per heavy atom. The summed E-state index contributed by atoms with van der Waals surface area (Å²) in [6, 6.07) is 8.03. The van der Waals surface area contributed by atoms with Gasteiger partial charge < -0.3 is 10.8 Å². The van der Waals surface area contributed by atoms with Gasteiger partial charge in [0.05, 0.1) is 6.10 Å². The molecular weight excluding hydrogens is 174 g/mol. The molecule has 0 fully saturated rings. The van der Waals surface area contributed by atoms with E-state index in [1.807, 2.05) is 38.1 Å². The van der Waals surface area contributed by atoms with Crippen LogP contribution in [0, 0.1) is 5.92 Å². The average Bonchev–Trinajstić information content (AvgIpc) is 2.17. The van der Waals surface area contributed by atoms with Crippen molar-refractivity contribution in [3.8, 4) is 0 Å². The highest BCUT2D eigenvalue weighted by Gasteiger charge is 2.11. The Morgan fingerprint density at radius 3 is 2.64 bits per heavy atom. The van der Waals surface area contributed by atoms with Crippen LogP contribution < -0.4 is 5.73 Å². The van der Waals surface area contributed by atoms with Crippen LogP contribution in [0.4, 0.5) is 0 Å². The van der Waals surface area contributed by atoms with Crippen molar-refractivity contribution in [3.05, 3.63) is 35.4 Å². The van der Waals surface area contributed by atoms with Crippen molar-refractivity contribution in [3.63, 3.8) is 0 Å². The third kappa shape index (κ3) is 2.82. The molecule has 0 spiro atoms. The lowest BCUT2D eigenvalue weighted by molar-refractivity contribution is 0.127. The molecule has 0 amide bonds. The van der Waals surface area contributed by atoms with E-state index < -0.39 is 0 Å². The van der Waals surface area contributed by atoms with Crippen LogP contribution in [0.3, 0.4) is 0 Å². The van der Waals surface area contributed by atoms with Gasteiger partial charge in [0.25, 0.3) is 0 Å². The molecule has 2 heteroatoms. The Hall–Kier alpha value is -0.860. The van der Waals surface area contributed by atoms with Gasteiger partial charge >= 0.3 is 0 Å². The molecule has 0 heterocycles. The third-order valence-electron chi connectivity index (χ3n) is 2.36. The molecule has 0 aromatic heterocycles. The molecular formula is C12H19NO. The topological polar surface area (TPSA) is 46.2 Å². The lowest BCUT2D eigenvalue weighted by atomic mass is 9.97. The fourth-order valence-corrected chi connectivity index (χ4v) is 1.48. The van der Waals surface area contributed by atoms with Gasteiger partial charge in [0.1, 0.15) is 0 Å². The van der Waals surface area contributed by atoms with E-state index in [1.54, 1.807) is 0 Å². The molecule has 0 bridgehead atoms. The fourth-order valence-electron chi connectivity index (χ4n) is 1.48. The SMILES string of the molecule is CC(C)C(O)c1cccc(CCN)c1. The number of rotatable bonds is 4. The summed E-state index contributed by atoms with van der Waals surface area (Å²) in [5, 5.41) is 9.86. The second-order valence-corrected chi connectivity index (χ2v) is 3.97. The van der Waals surface area contributed by atoms with Gasteiger partial charge in [-0.25, -0.2) is 0 Å². The minimum absolute atomic E-state index is 0.253. The fraction of sp³-hybridized carbons (Fsp3) is 0.500. The van der Waals surface area contributed by atoms with Gasteiger partial charge in [0, 0.05) is 0 Å². The molecule has 1 aromatic carbocycles. The van der Waals surface area contributed by atoms with Crippen molar-refractivity contribution < 1.29 is 5.11 Å². The summed E-state index contributed by atoms with van der Waals surface area (Å²) >= 11 is 0. The first-order chi connectivity index (χ1) is 6.65. The monoisotopic (exact) mass is 193 g/mol. The lowest BCUT2D eigenvalue weighted by Gasteiger charge is -2.15. The van der Waals surface area contributed by atoms with Gasteiger partial charge in [-0.05, 0) is 30.0 Å². The van der Waals surface area contributed by atoms with Crippen molar-refractivity contribution in [1.82, 2.24) is 0 Å². The highest BCUT2D eigenvalue weighted by Crippen LogP contribution is 2.21. The van der Waals surface area contributed by atoms with E-state index in [9.17, 15) is 5.11 Å². The quantitative estimate of drug-likeness (QED) is 0.767. The number of aliphatic hydroxyl groups is 1. The van der Waals surface area contributed by atoms with Crippen molar-refractivity contribution in [1.29, 1.82) is 0 Å². The van der Waals surface area contributed by atoms with Gasteiger partial charge in [0.2, 0.25) is 0 Å². The first kappa shape index (κ1) is 11.2. The maximum atomic E-state index is 9.86. The first-order valence-electron chi connectivity index (χ1n) is 5.12. The normalized spacial score (nSPS) is 13.2. The zero-order valence-corrected chi connectivity index (χ0v) is 8.90. The summed E-state index contributed by atoms with van der Waals surface area (Å²) in [4.78, 5) is 0. The summed E-state index contributed by atoms with van der Waals surface area (Å²) in [5.41, 5.74) is 7.67. The van der Waals surface area contributed by atoms with E-state index in [0.717, 1.165) is 12.0 Å². The molecule has 0 aliphatic heterocycles. The highest BCUT2D eigenvalue weighted by molar-refractivity contribution is 5.25. The average molecular weight is 193 g/mol. The molecule has 78 valence electrons. The van der Waals surface area contributed by atoms with E-state index in [0.29, 0.717) is 6.54 Å². The Bertz CT molecular complexity index is 283. The van der Waals surface area contributed by atoms with E-state index >= 15 is 0 Å². The summed E-state index contributed by atoms with van der Waals surface area (Å²) in [7, 11) is 0. The molecule has 0 radical (unpaired) electrons. The number of nitrogens with two attached hydrogens (primary N) is 1. The van der Waals surface area contributed by atoms with Gasteiger partial charge in [0.15, 0.2) is 0 Å². The summed E-state index contributed by atoms with van der Waals surface area (Å²) in [6.45, 7) is 4.68. The molecule has 2 nitrogen and oxygen atoms in total. The van der Waals surface area contributed by atoms with Crippen molar-refractivity contribution in [2.45, 2.75) is 26.4 Å². The molecule has 0 aliphatic carbocycles. The molecule has 1 rings (SSSR count). The van der Waals surface area contributed by atoms with Crippen LogP contribution in [-0.2, 0) is 6.42 Å². The molecule has 1 atom stereocenters. The zero-order chi connectivity index (χ0) is 10.6. The van der Waals surface area contributed by atoms with Gasteiger partial charge in [-0.3, -0.25) is 0 Å². The zero-order valence-electron chi connectivity index (χ0n) is 8.90. The van der Waals surface area contributed by atoms with E-state index in [-0.39, 0.29) is 12.0 Å². The molecule has 1 unspecified atom stereocenters. The first-order valence-corrected chi connectivity index (χ1v) is 5.12. The number of hydrogen-bond donors (Lipinski definition) is 2. The van der Waals surface area contributed by atoms with Crippen molar-refractivity contribution in [2.75, 3.05) is 6.54 Å². The van der Waals surface area contributed by atoms with Gasteiger partial charge in [-0.15, -0.1) is 0 Å². The van der Waals surface area contributed by atoms with Crippen LogP contribution in [0.2, 0.25) is 0 Å². The summed E-state index contributed by atoms with van der Waals surface area (Å²) in [6.07, 6.45) is 0.506. The number of benzene rings is 1. The van der Waals surface area contributed by atoms with E-state index in [1.165, 1.54) is 5.56 Å². The Kier molecular flexibility index (Phi) is 4.11. The molecule has 3 N–H and O–H groups in total. The second kappa shape index (κ2) is 5.13. The second-order valence-electron chi connectivity index (χ2n) is 3.97. The highest BCUT2D eigenvalue weighted by atomic mass is 16.3. The van der Waals surface area contributed by atoms with Crippen LogP contribution in [0.15, 0.2) is 24.3 Å². The maximum Gasteiger partial charge on any atom is 0.0813 e. The van der Waals surface area contributed by atoms with Gasteiger partial charge in [-0.2, -0.15) is 0 Å². The molecule has 14 heavy (non-hydrogen) atoms. The van der Waals surface area contributed by atoms with Crippen LogP contribution in [0.25, 0.3) is 0 Å². The summed E-state index contributed by atoms with van der Waals surface area (Å²) in [5.74, 6) is 0.253. The standard InChI is InChI=1S/C12H19NO/c1-9(2)12(14)11-5-3-4-10(8-11)6-7-13/h3-5,8-9,12,14H,6-7,13H2,1-2H3. The van der Waals surface area contributed by atoms with Crippen molar-refractivity contribution in [2.24, 2.45) is 11.7 Å². The van der Waals surface area contributed by atoms with E-state index in [4.69, 9.17) is 5.73 Å². The number of hydrogen-bond acceptors (Lipinski definition) is 2. The molecule has 0 saturated carbocycles. The minimum Gasteiger partial charge on any atom is -0.388 e. The van der Waals surface area contributed by atoms with E-state index in [2.05, 4.69) is 0 Å². The van der Waals surface area contributed by atoms with Crippen molar-refractivity contribution >= 4 is 0 Å². The molecule has 0 aliphatic rings. The third-order valence-corrected chi connectivity index (χ3v) is 2.36. The smallest absolute Gasteiger partial charge is 0.0813 e. The minimum atomic E-state index is -0.368. The Morgan fingerprint density at radius 1 is 1.36 bits per heavy atom. The molecule has 0 saturated heterocycles. The predicted molar refractivity (Wildman–Crippen MR) is 59.0 cm³/mol. The maximum absolute atomic E-state index is 9.86. The van der Waals surface area contributed by atoms with Crippen LogP contribution in [0.5, 0.6) is 0 Å². The summed E-state index contributed by atoms with van der Waals surface area (Å²) < 4.78 is 0. The van der Waals surface area contributed by atoms with Crippen LogP contribution in [-0.4, -0.2) is 11.7 Å². The Balaban J connectivity index is 2.82. The molecule has 1 aromatic rings. The largest absolute Gasteiger partial charge is 0.388 e. The predicted octanol–water partition coefficient (Wildman–Crippen LogP) is 1.88. The van der Waals surface area contributed by atoms with Gasteiger partial charge in [-0.1, -0.05) is 38.1 Å². The van der Waals surface area contributed by atoms with Crippen LogP contribution >= 0.6 is 0 Å². The number of aliphatic hydroxyl groups excluding tert-OH is 1.